The van der Waals surface area contributed by atoms with Gasteiger partial charge in [0.2, 0.25) is 5.91 Å². The second kappa shape index (κ2) is 12.3. The van der Waals surface area contributed by atoms with Crippen LogP contribution in [-0.2, 0) is 14.3 Å². The first-order valence-corrected chi connectivity index (χ1v) is 11.9. The van der Waals surface area contributed by atoms with Gasteiger partial charge in [0.25, 0.3) is 0 Å². The van der Waals surface area contributed by atoms with Gasteiger partial charge in [0.05, 0.1) is 65.1 Å². The number of cyclic esters (lactones) is 1. The Hall–Kier alpha value is -4.32. The van der Waals surface area contributed by atoms with Crippen molar-refractivity contribution >= 4 is 35.2 Å². The molecule has 204 valence electrons. The average Bonchev–Trinajstić information content (AvgIpc) is 3.18. The van der Waals surface area contributed by atoms with Crippen molar-refractivity contribution in [3.63, 3.8) is 0 Å². The molecule has 0 radical (unpaired) electrons. The SMILES string of the molecule is CC(=O)[O-].COc1ccc2c(c1OC)C(=O)OC2CC(=O)Nc1ccc(N2CC[NH+](C)CC2)c(C(=O)O)c1. The number of anilines is 2. The molecule has 12 nitrogen and oxygen atoms in total. The Labute approximate surface area is 219 Å². The van der Waals surface area contributed by atoms with Gasteiger partial charge in [-0.05, 0) is 31.2 Å². The number of piperazine rings is 1. The predicted octanol–water partition coefficient (Wildman–Crippen LogP) is -0.267. The summed E-state index contributed by atoms with van der Waals surface area (Å²) in [5, 5.41) is 21.4. The number of nitrogens with one attached hydrogen (secondary N) is 2. The van der Waals surface area contributed by atoms with Crippen LogP contribution >= 0.6 is 0 Å². The van der Waals surface area contributed by atoms with Crippen LogP contribution in [0, 0.1) is 0 Å². The van der Waals surface area contributed by atoms with E-state index in [1.165, 1.54) is 25.2 Å². The molecule has 2 aliphatic rings. The fourth-order valence-corrected chi connectivity index (χ4v) is 4.39. The fourth-order valence-electron chi connectivity index (χ4n) is 4.39. The molecule has 2 aromatic rings. The van der Waals surface area contributed by atoms with E-state index in [1.54, 1.807) is 24.3 Å². The highest BCUT2D eigenvalue weighted by molar-refractivity contribution is 6.00. The molecule has 4 rings (SSSR count). The largest absolute Gasteiger partial charge is 0.550 e. The van der Waals surface area contributed by atoms with Gasteiger partial charge in [-0.1, -0.05) is 6.07 Å². The number of benzene rings is 2. The van der Waals surface area contributed by atoms with E-state index in [4.69, 9.17) is 24.1 Å². The Morgan fingerprint density at radius 1 is 1.16 bits per heavy atom. The van der Waals surface area contributed by atoms with Gasteiger partial charge in [0.15, 0.2) is 11.5 Å². The third-order valence-electron chi connectivity index (χ3n) is 6.22. The lowest BCUT2D eigenvalue weighted by atomic mass is 10.0. The highest BCUT2D eigenvalue weighted by atomic mass is 16.6. The number of quaternary nitrogens is 1. The molecule has 0 bridgehead atoms. The summed E-state index contributed by atoms with van der Waals surface area (Å²) in [5.41, 5.74) is 1.91. The van der Waals surface area contributed by atoms with Gasteiger partial charge in [-0.15, -0.1) is 0 Å². The average molecular weight is 530 g/mol. The molecule has 38 heavy (non-hydrogen) atoms. The number of carbonyl (C=O) groups excluding carboxylic acids is 3. The summed E-state index contributed by atoms with van der Waals surface area (Å²) in [7, 11) is 5.01. The lowest BCUT2D eigenvalue weighted by Gasteiger charge is -2.32. The van der Waals surface area contributed by atoms with Crippen molar-refractivity contribution in [2.75, 3.05) is 57.7 Å². The number of esters is 1. The van der Waals surface area contributed by atoms with E-state index in [9.17, 15) is 19.5 Å². The Kier molecular flexibility index (Phi) is 9.13. The molecule has 2 aromatic carbocycles. The van der Waals surface area contributed by atoms with Crippen molar-refractivity contribution in [3.05, 3.63) is 47.0 Å². The molecule has 2 heterocycles. The number of carbonyl (C=O) groups is 4. The van der Waals surface area contributed by atoms with E-state index in [0.29, 0.717) is 22.7 Å². The maximum absolute atomic E-state index is 12.7. The lowest BCUT2D eigenvalue weighted by molar-refractivity contribution is -0.880. The highest BCUT2D eigenvalue weighted by Gasteiger charge is 2.37. The summed E-state index contributed by atoms with van der Waals surface area (Å²) in [6, 6.07) is 8.20. The van der Waals surface area contributed by atoms with E-state index >= 15 is 0 Å². The van der Waals surface area contributed by atoms with Crippen molar-refractivity contribution in [2.45, 2.75) is 19.4 Å². The molecule has 0 saturated carbocycles. The van der Waals surface area contributed by atoms with Crippen molar-refractivity contribution in [1.29, 1.82) is 0 Å². The van der Waals surface area contributed by atoms with Gasteiger partial charge in [0, 0.05) is 17.2 Å². The molecular weight excluding hydrogens is 498 g/mol. The standard InChI is InChI=1S/C24H27N3O7.C2H4O2/c1-26-8-10-27(11-9-26)17-6-4-14(12-16(17)23(29)30)25-20(28)13-19-15-5-7-18(32-2)22(33-3)21(15)24(31)34-19;1-2(3)4/h4-7,12,19H,8-11,13H2,1-3H3,(H,25,28)(H,29,30);1H3,(H,3,4). The number of carboxylic acids is 2. The number of methoxy groups -OCH3 is 2. The van der Waals surface area contributed by atoms with Crippen LogP contribution in [-0.4, -0.2) is 76.4 Å². The number of nitrogens with zero attached hydrogens (tertiary/aromatic N) is 1. The molecule has 2 aliphatic heterocycles. The van der Waals surface area contributed by atoms with Crippen LogP contribution in [0.1, 0.15) is 45.7 Å². The fraction of sp³-hybridized carbons (Fsp3) is 0.385. The number of likely N-dealkylation sites (N-methyl/N-ethyl adjacent to an activating group) is 1. The summed E-state index contributed by atoms with van der Waals surface area (Å²) in [4.78, 5) is 49.4. The summed E-state index contributed by atoms with van der Waals surface area (Å²) in [6.45, 7) is 4.35. The molecule has 12 heteroatoms. The number of rotatable bonds is 7. The first kappa shape index (κ1) is 28.3. The molecule has 1 saturated heterocycles. The molecular formula is C26H31N3O9. The van der Waals surface area contributed by atoms with Crippen LogP contribution in [0.4, 0.5) is 11.4 Å². The van der Waals surface area contributed by atoms with Crippen LogP contribution in [0.5, 0.6) is 11.5 Å². The number of hydrogen-bond acceptors (Lipinski definition) is 9. The first-order valence-electron chi connectivity index (χ1n) is 11.9. The summed E-state index contributed by atoms with van der Waals surface area (Å²) in [5.74, 6) is -2.48. The number of hydrogen-bond donors (Lipinski definition) is 3. The quantitative estimate of drug-likeness (QED) is 0.408. The van der Waals surface area contributed by atoms with Crippen LogP contribution in [0.25, 0.3) is 0 Å². The molecule has 0 aromatic heterocycles. The van der Waals surface area contributed by atoms with Gasteiger partial charge < -0.3 is 44.3 Å². The van der Waals surface area contributed by atoms with Gasteiger partial charge >= 0.3 is 11.9 Å². The molecule has 0 aliphatic carbocycles. The first-order chi connectivity index (χ1) is 18.0. The van der Waals surface area contributed by atoms with Crippen molar-refractivity contribution in [3.8, 4) is 11.5 Å². The Bertz CT molecular complexity index is 1220. The van der Waals surface area contributed by atoms with Gasteiger partial charge in [-0.25, -0.2) is 9.59 Å². The zero-order chi connectivity index (χ0) is 28.0. The molecule has 1 atom stereocenters. The Morgan fingerprint density at radius 2 is 1.82 bits per heavy atom. The molecule has 1 fully saturated rings. The third-order valence-corrected chi connectivity index (χ3v) is 6.22. The Morgan fingerprint density at radius 3 is 2.39 bits per heavy atom. The summed E-state index contributed by atoms with van der Waals surface area (Å²) in [6.07, 6.45) is -0.909. The second-order valence-corrected chi connectivity index (χ2v) is 8.88. The van der Waals surface area contributed by atoms with Gasteiger partial charge in [-0.2, -0.15) is 0 Å². The number of aliphatic carboxylic acids is 1. The second-order valence-electron chi connectivity index (χ2n) is 8.88. The minimum Gasteiger partial charge on any atom is -0.550 e. The van der Waals surface area contributed by atoms with E-state index in [-0.39, 0.29) is 23.3 Å². The number of carboxylic acid groups (broad SMARTS) is 2. The van der Waals surface area contributed by atoms with Crippen molar-refractivity contribution in [2.24, 2.45) is 0 Å². The molecule has 1 unspecified atom stereocenters. The van der Waals surface area contributed by atoms with Crippen molar-refractivity contribution < 1.29 is 48.5 Å². The van der Waals surface area contributed by atoms with E-state index in [2.05, 4.69) is 17.3 Å². The topological polar surface area (TPSA) is 159 Å². The predicted molar refractivity (Wildman–Crippen MR) is 134 cm³/mol. The number of aromatic carboxylic acids is 1. The number of fused-ring (bicyclic) bond motifs is 1. The minimum atomic E-state index is -1.08. The summed E-state index contributed by atoms with van der Waals surface area (Å²) < 4.78 is 16.0. The van der Waals surface area contributed by atoms with Crippen LogP contribution in [0.15, 0.2) is 30.3 Å². The smallest absolute Gasteiger partial charge is 0.343 e. The number of ether oxygens (including phenoxy) is 3. The summed E-state index contributed by atoms with van der Waals surface area (Å²) >= 11 is 0. The minimum absolute atomic E-state index is 0.125. The molecule has 1 amide bonds. The molecule has 3 N–H and O–H groups in total. The zero-order valence-electron chi connectivity index (χ0n) is 21.7. The van der Waals surface area contributed by atoms with Crippen molar-refractivity contribution in [1.82, 2.24) is 0 Å². The third kappa shape index (κ3) is 6.51. The highest BCUT2D eigenvalue weighted by Crippen LogP contribution is 2.43. The van der Waals surface area contributed by atoms with Crippen LogP contribution < -0.4 is 29.7 Å². The van der Waals surface area contributed by atoms with Crippen LogP contribution in [0.2, 0.25) is 0 Å². The Balaban J connectivity index is 0.000000934. The van der Waals surface area contributed by atoms with E-state index in [1.807, 2.05) is 0 Å². The maximum Gasteiger partial charge on any atom is 0.343 e. The molecule has 0 spiro atoms. The van der Waals surface area contributed by atoms with Gasteiger partial charge in [-0.3, -0.25) is 4.79 Å². The van der Waals surface area contributed by atoms with E-state index in [0.717, 1.165) is 33.1 Å². The normalized spacial score (nSPS) is 16.5. The monoisotopic (exact) mass is 529 g/mol. The van der Waals surface area contributed by atoms with Crippen LogP contribution in [0.3, 0.4) is 0 Å². The zero-order valence-corrected chi connectivity index (χ0v) is 21.7. The lowest BCUT2D eigenvalue weighted by Crippen LogP contribution is -3.12. The number of amides is 1. The maximum atomic E-state index is 12.7. The van der Waals surface area contributed by atoms with E-state index < -0.39 is 29.9 Å². The van der Waals surface area contributed by atoms with Gasteiger partial charge in [0.1, 0.15) is 11.7 Å².